The van der Waals surface area contributed by atoms with E-state index in [-0.39, 0.29) is 0 Å². The van der Waals surface area contributed by atoms with Crippen LogP contribution in [0.5, 0.6) is 0 Å². The third kappa shape index (κ3) is 5.72. The second-order valence-corrected chi connectivity index (χ2v) is 7.10. The molecule has 2 atom stereocenters. The van der Waals surface area contributed by atoms with Crippen molar-refractivity contribution in [2.45, 2.75) is 32.1 Å². The van der Waals surface area contributed by atoms with Crippen LogP contribution in [-0.4, -0.2) is 35.7 Å². The zero-order valence-corrected chi connectivity index (χ0v) is 15.8. The fraction of sp³-hybridized carbons (Fsp3) is 0.474. The smallest absolute Gasteiger partial charge is 0.127 e. The maximum absolute atomic E-state index is 12.8. The van der Waals surface area contributed by atoms with Gasteiger partial charge in [0, 0.05) is 13.6 Å². The van der Waals surface area contributed by atoms with Crippen LogP contribution in [0.15, 0.2) is 47.4 Å². The zero-order chi connectivity index (χ0) is 17.2. The molecule has 0 heterocycles. The molecule has 0 bridgehead atoms. The highest BCUT2D eigenvalue weighted by atomic mass is 32.2. The van der Waals surface area contributed by atoms with Gasteiger partial charge in [0.2, 0.25) is 0 Å². The van der Waals surface area contributed by atoms with Crippen LogP contribution in [0.2, 0.25) is 0 Å². The van der Waals surface area contributed by atoms with Crippen molar-refractivity contribution in [3.8, 4) is 0 Å². The average Bonchev–Trinajstić information content (AvgIpc) is 2.60. The summed E-state index contributed by atoms with van der Waals surface area (Å²) in [6, 6.07) is 14.1. The van der Waals surface area contributed by atoms with Crippen LogP contribution < -0.4 is 5.32 Å². The number of nitrogens with zero attached hydrogens (tertiary/aromatic N) is 1. The normalized spacial score (nSPS) is 13.5. The van der Waals surface area contributed by atoms with Gasteiger partial charge in [-0.3, -0.25) is 0 Å². The van der Waals surface area contributed by atoms with Gasteiger partial charge < -0.3 is 5.32 Å². The number of nitrogens with one attached hydrogen (secondary N) is 1. The average molecular weight is 335 g/mol. The summed E-state index contributed by atoms with van der Waals surface area (Å²) < 4.78 is 14.7. The second kappa shape index (κ2) is 10.5. The Labute approximate surface area is 143 Å². The van der Waals surface area contributed by atoms with Gasteiger partial charge in [0.05, 0.1) is 4.90 Å². The highest BCUT2D eigenvalue weighted by Crippen LogP contribution is 2.23. The first-order valence-corrected chi connectivity index (χ1v) is 9.49. The molecule has 2 rings (SSSR count). The third-order valence-corrected chi connectivity index (χ3v) is 5.12. The molecule has 3 nitrogen and oxygen atoms in total. The van der Waals surface area contributed by atoms with E-state index in [4.69, 9.17) is 0 Å². The molecule has 128 valence electrons. The van der Waals surface area contributed by atoms with E-state index >= 15 is 0 Å². The molecular weight excluding hydrogens is 304 g/mol. The van der Waals surface area contributed by atoms with Crippen LogP contribution in [0.3, 0.4) is 0 Å². The van der Waals surface area contributed by atoms with Crippen LogP contribution in [0.25, 0.3) is 10.8 Å². The number of fused-ring (bicyclic) bond motifs is 1. The van der Waals surface area contributed by atoms with E-state index in [0.29, 0.717) is 5.92 Å². The Morgan fingerprint density at radius 1 is 1.13 bits per heavy atom. The van der Waals surface area contributed by atoms with E-state index in [1.807, 2.05) is 62.6 Å². The molecule has 2 unspecified atom stereocenters. The van der Waals surface area contributed by atoms with Crippen molar-refractivity contribution in [1.29, 1.82) is 0 Å². The van der Waals surface area contributed by atoms with Gasteiger partial charge in [-0.25, -0.2) is 8.51 Å². The largest absolute Gasteiger partial charge is 0.320 e. The van der Waals surface area contributed by atoms with Gasteiger partial charge in [-0.05, 0) is 42.8 Å². The third-order valence-electron chi connectivity index (χ3n) is 3.68. The van der Waals surface area contributed by atoms with Crippen molar-refractivity contribution in [2.75, 3.05) is 27.2 Å². The zero-order valence-electron chi connectivity index (χ0n) is 15.0. The molecule has 2 aromatic rings. The van der Waals surface area contributed by atoms with Gasteiger partial charge in [-0.15, -0.1) is 0 Å². The van der Waals surface area contributed by atoms with E-state index in [1.54, 1.807) is 0 Å². The van der Waals surface area contributed by atoms with Crippen molar-refractivity contribution in [3.63, 3.8) is 0 Å². The minimum atomic E-state index is -1.12. The summed E-state index contributed by atoms with van der Waals surface area (Å²) in [6.45, 7) is 8.03. The Kier molecular flexibility index (Phi) is 9.07. The lowest BCUT2D eigenvalue weighted by atomic mass is 10.1. The standard InChI is InChI=1S/C17H24N2OS.C2H6/c1-14(11-12-18-2)13-19(3)21(20)17-10-6-8-15-7-4-5-9-16(15)17;1-2/h4-10,14,18H,11-13H2,1-3H3;1-2H3. The van der Waals surface area contributed by atoms with Crippen molar-refractivity contribution >= 4 is 21.8 Å². The summed E-state index contributed by atoms with van der Waals surface area (Å²) in [6.07, 6.45) is 1.09. The molecule has 0 fully saturated rings. The lowest BCUT2D eigenvalue weighted by Crippen LogP contribution is -2.28. The van der Waals surface area contributed by atoms with E-state index in [0.717, 1.165) is 35.2 Å². The first-order chi connectivity index (χ1) is 11.1. The lowest BCUT2D eigenvalue weighted by molar-refractivity contribution is 0.401. The van der Waals surface area contributed by atoms with Crippen LogP contribution in [0.4, 0.5) is 0 Å². The summed E-state index contributed by atoms with van der Waals surface area (Å²) in [5.74, 6) is 0.515. The van der Waals surface area contributed by atoms with Crippen LogP contribution in [-0.2, 0) is 11.0 Å². The van der Waals surface area contributed by atoms with Gasteiger partial charge in [0.1, 0.15) is 11.0 Å². The molecule has 0 aliphatic rings. The number of hydrogen-bond donors (Lipinski definition) is 1. The summed E-state index contributed by atoms with van der Waals surface area (Å²) in [5, 5.41) is 5.38. The first-order valence-electron chi connectivity index (χ1n) is 8.39. The molecule has 1 N–H and O–H groups in total. The maximum atomic E-state index is 12.8. The Morgan fingerprint density at radius 2 is 1.78 bits per heavy atom. The number of rotatable bonds is 7. The van der Waals surface area contributed by atoms with Gasteiger partial charge >= 0.3 is 0 Å². The monoisotopic (exact) mass is 334 g/mol. The SMILES string of the molecule is CC.CNCCC(C)CN(C)S(=O)c1cccc2ccccc12. The Hall–Kier alpha value is -1.23. The molecular formula is C19H30N2OS. The summed E-state index contributed by atoms with van der Waals surface area (Å²) in [5.41, 5.74) is 0. The molecule has 4 heteroatoms. The molecule has 0 saturated carbocycles. The molecule has 0 aromatic heterocycles. The number of benzene rings is 2. The Morgan fingerprint density at radius 3 is 2.48 bits per heavy atom. The van der Waals surface area contributed by atoms with Gasteiger partial charge in [0.15, 0.2) is 0 Å². The van der Waals surface area contributed by atoms with Crippen LogP contribution in [0.1, 0.15) is 27.2 Å². The van der Waals surface area contributed by atoms with Crippen LogP contribution in [0, 0.1) is 5.92 Å². The fourth-order valence-electron chi connectivity index (χ4n) is 2.50. The quantitative estimate of drug-likeness (QED) is 0.828. The van der Waals surface area contributed by atoms with E-state index in [1.165, 1.54) is 0 Å². The molecule has 0 amide bonds. The highest BCUT2D eigenvalue weighted by molar-refractivity contribution is 7.82. The van der Waals surface area contributed by atoms with Crippen molar-refractivity contribution < 1.29 is 4.21 Å². The lowest BCUT2D eigenvalue weighted by Gasteiger charge is -2.21. The molecule has 0 radical (unpaired) electrons. The predicted molar refractivity (Wildman–Crippen MR) is 102 cm³/mol. The van der Waals surface area contributed by atoms with E-state index in [2.05, 4.69) is 24.4 Å². The molecule has 0 spiro atoms. The van der Waals surface area contributed by atoms with Gasteiger partial charge in [-0.1, -0.05) is 57.2 Å². The fourth-order valence-corrected chi connectivity index (χ4v) is 3.80. The minimum Gasteiger partial charge on any atom is -0.320 e. The van der Waals surface area contributed by atoms with Crippen LogP contribution >= 0.6 is 0 Å². The summed E-state index contributed by atoms with van der Waals surface area (Å²) in [4.78, 5) is 0.899. The molecule has 2 aromatic carbocycles. The van der Waals surface area contributed by atoms with Gasteiger partial charge in [0.25, 0.3) is 0 Å². The summed E-state index contributed by atoms with van der Waals surface area (Å²) >= 11 is 0. The highest BCUT2D eigenvalue weighted by Gasteiger charge is 2.15. The minimum absolute atomic E-state index is 0.515. The number of hydrogen-bond acceptors (Lipinski definition) is 2. The molecule has 0 aliphatic heterocycles. The van der Waals surface area contributed by atoms with E-state index < -0.39 is 11.0 Å². The molecule has 0 saturated heterocycles. The van der Waals surface area contributed by atoms with Crippen molar-refractivity contribution in [2.24, 2.45) is 5.92 Å². The Balaban J connectivity index is 0.00000127. The van der Waals surface area contributed by atoms with Crippen molar-refractivity contribution in [1.82, 2.24) is 9.62 Å². The topological polar surface area (TPSA) is 32.3 Å². The van der Waals surface area contributed by atoms with E-state index in [9.17, 15) is 4.21 Å². The second-order valence-electron chi connectivity index (χ2n) is 5.53. The van der Waals surface area contributed by atoms with Gasteiger partial charge in [-0.2, -0.15) is 0 Å². The molecule has 0 aliphatic carbocycles. The maximum Gasteiger partial charge on any atom is 0.127 e. The van der Waals surface area contributed by atoms with Crippen molar-refractivity contribution in [3.05, 3.63) is 42.5 Å². The Bertz CT molecular complexity index is 610. The predicted octanol–water partition coefficient (Wildman–Crippen LogP) is 4.07. The first kappa shape index (κ1) is 19.8. The molecule has 23 heavy (non-hydrogen) atoms. The summed E-state index contributed by atoms with van der Waals surface area (Å²) in [7, 11) is 2.79.